The second kappa shape index (κ2) is 29.6. The molecular weight excluding hydrogens is 1380 g/mol. The van der Waals surface area contributed by atoms with Gasteiger partial charge in [-0.2, -0.15) is 65.9 Å². The summed E-state index contributed by atoms with van der Waals surface area (Å²) in [6.45, 7) is -2.62. The Balaban J connectivity index is 0.000000243. The molecule has 0 aliphatic carbocycles. The van der Waals surface area contributed by atoms with Gasteiger partial charge in [0.1, 0.15) is 24.7 Å². The van der Waals surface area contributed by atoms with Crippen LogP contribution < -0.4 is 28.7 Å². The van der Waals surface area contributed by atoms with Gasteiger partial charge in [0.25, 0.3) is 0 Å². The van der Waals surface area contributed by atoms with Crippen molar-refractivity contribution in [1.29, 1.82) is 0 Å². The fraction of sp³-hybridized carbons (Fsp3) is 0.271. The second-order valence-corrected chi connectivity index (χ2v) is 23.1. The number of ketones is 1. The molecule has 0 fully saturated rings. The Kier molecular flexibility index (Phi) is 23.3. The maximum atomic E-state index is 13.3. The lowest BCUT2D eigenvalue weighted by Crippen LogP contribution is -2.46. The summed E-state index contributed by atoms with van der Waals surface area (Å²) in [5.74, 6) is -1.65. The number of anilines is 2. The number of halogens is 22. The number of benzene rings is 7. The van der Waals surface area contributed by atoms with E-state index < -0.39 is 114 Å². The lowest BCUT2D eigenvalue weighted by molar-refractivity contribution is -0.275. The van der Waals surface area contributed by atoms with Gasteiger partial charge in [-0.05, 0) is 130 Å². The topological polar surface area (TPSA) is 101 Å². The van der Waals surface area contributed by atoms with Crippen molar-refractivity contribution in [2.45, 2.75) is 80.6 Å². The summed E-state index contributed by atoms with van der Waals surface area (Å²) in [7, 11) is 0. The van der Waals surface area contributed by atoms with Gasteiger partial charge in [-0.1, -0.05) is 84.9 Å². The first-order chi connectivity index (χ1) is 43.1. The van der Waals surface area contributed by atoms with Crippen LogP contribution in [-0.4, -0.2) is 102 Å². The van der Waals surface area contributed by atoms with Crippen molar-refractivity contribution in [1.82, 2.24) is 0 Å². The third-order valence-corrected chi connectivity index (χ3v) is 15.3. The van der Waals surface area contributed by atoms with E-state index in [2.05, 4.69) is 9.47 Å². The predicted molar refractivity (Wildman–Crippen MR) is 305 cm³/mol. The van der Waals surface area contributed by atoms with E-state index >= 15 is 0 Å². The highest BCUT2D eigenvalue weighted by Gasteiger charge is 2.45. The van der Waals surface area contributed by atoms with Crippen molar-refractivity contribution in [2.24, 2.45) is 0 Å². The number of Topliss-reactive ketones (excluding diaryl/α,β-unsaturated/α-hetero) is 1. The van der Waals surface area contributed by atoms with Gasteiger partial charge < -0.3 is 39.0 Å². The van der Waals surface area contributed by atoms with Crippen molar-refractivity contribution < 1.29 is 128 Å². The molecule has 7 aromatic carbocycles. The van der Waals surface area contributed by atoms with E-state index in [0.29, 0.717) is 0 Å². The largest absolute Gasteiger partial charge is 0.573 e. The third kappa shape index (κ3) is 21.7. The zero-order chi connectivity index (χ0) is 68.6. The molecule has 93 heavy (non-hydrogen) atoms. The average Bonchev–Trinajstić information content (AvgIpc) is 0.769. The van der Waals surface area contributed by atoms with Crippen molar-refractivity contribution in [3.05, 3.63) is 174 Å². The molecular formula is C59H44ClF21N2O7S3. The third-order valence-electron chi connectivity index (χ3n) is 12.8. The van der Waals surface area contributed by atoms with E-state index in [4.69, 9.17) is 21.1 Å². The molecule has 4 atom stereocenters. The molecule has 2 aliphatic rings. The number of carbonyl (C=O) groups excluding carboxylic acids is 1. The quantitative estimate of drug-likeness (QED) is 0.0442. The van der Waals surface area contributed by atoms with Crippen LogP contribution in [0, 0.1) is 0 Å². The molecule has 504 valence electrons. The lowest BCUT2D eigenvalue weighted by atomic mass is 9.98. The van der Waals surface area contributed by atoms with Gasteiger partial charge in [0.15, 0.2) is 29.5 Å². The maximum absolute atomic E-state index is 13.3. The minimum Gasteiger partial charge on any atom is -0.488 e. The van der Waals surface area contributed by atoms with Crippen molar-refractivity contribution in [2.75, 3.05) is 42.0 Å². The predicted octanol–water partition coefficient (Wildman–Crippen LogP) is 19.4. The maximum Gasteiger partial charge on any atom is 0.573 e. The van der Waals surface area contributed by atoms with Crippen molar-refractivity contribution in [3.63, 3.8) is 0 Å². The van der Waals surface area contributed by atoms with Gasteiger partial charge in [0.05, 0.1) is 42.4 Å². The number of fused-ring (bicyclic) bond motifs is 2. The zero-order valence-electron chi connectivity index (χ0n) is 46.2. The summed E-state index contributed by atoms with van der Waals surface area (Å²) in [5, 5.41) is 19.8. The number of aliphatic hydroxyl groups is 2. The van der Waals surface area contributed by atoms with Crippen LogP contribution in [0.2, 0.25) is 0 Å². The van der Waals surface area contributed by atoms with E-state index in [1.165, 1.54) is 133 Å². The van der Waals surface area contributed by atoms with Gasteiger partial charge in [0.2, 0.25) is 0 Å². The van der Waals surface area contributed by atoms with E-state index in [0.717, 1.165) is 34.1 Å². The van der Waals surface area contributed by atoms with Crippen LogP contribution in [-0.2, 0) is 0 Å². The summed E-state index contributed by atoms with van der Waals surface area (Å²) in [6.07, 6.45) is -25.5. The molecule has 2 aliphatic heterocycles. The molecule has 0 amide bonds. The minimum atomic E-state index is -5.00. The number of thioether (sulfide) groups is 3. The number of nitrogens with zero attached hydrogens (tertiary/aromatic N) is 2. The van der Waals surface area contributed by atoms with Crippen LogP contribution in [0.3, 0.4) is 0 Å². The minimum absolute atomic E-state index is 0. The standard InChI is InChI=1S/2C25H18F9NO3S.C9H6ClF3OS.H2/c2*26-23(27,28)21(36)12-35-19-9-3-8-18(14-4-1-6-16(10-14)38-24(29,30)31)22(19)37-13-20(35)15-5-2-7-17(11-15)39-25(32,33)34;10-5-8(14)6-2-1-3-7(4-6)15-9(11,12)13;/h2*1-11,20-21,36H,12-13H2;1-4H,5H2;1H. The molecule has 9 rings (SSSR count). The van der Waals surface area contributed by atoms with Crippen LogP contribution in [0.4, 0.5) is 104 Å². The Morgan fingerprint density at radius 2 is 0.828 bits per heavy atom. The van der Waals surface area contributed by atoms with Crippen LogP contribution >= 0.6 is 46.9 Å². The smallest absolute Gasteiger partial charge is 0.488 e. The van der Waals surface area contributed by atoms with E-state index in [9.17, 15) is 107 Å². The lowest BCUT2D eigenvalue weighted by Gasteiger charge is -2.41. The Morgan fingerprint density at radius 3 is 1.17 bits per heavy atom. The van der Waals surface area contributed by atoms with Gasteiger partial charge in [0, 0.05) is 32.8 Å². The number of ether oxygens (including phenoxy) is 4. The molecule has 0 saturated carbocycles. The number of carbonyl (C=O) groups is 1. The summed E-state index contributed by atoms with van der Waals surface area (Å²) in [6, 6.07) is 31.8. The van der Waals surface area contributed by atoms with Crippen LogP contribution in [0.25, 0.3) is 22.3 Å². The number of rotatable bonds is 15. The first-order valence-electron chi connectivity index (χ1n) is 26.1. The SMILES string of the molecule is O=C(CCl)c1cccc(SC(F)(F)F)c1.OC(CN1c2cccc(-c3cccc(OC(F)(F)F)c3)c2OCC1c1cccc(SC(F)(F)F)c1)C(F)(F)F.OC(CN1c2cccc(-c3cccc(OC(F)(F)F)c3)c2OCC1c1cccc(SC(F)(F)F)c1)C(F)(F)F.[HH]. The number of alkyl halides is 22. The molecule has 9 nitrogen and oxygen atoms in total. The highest BCUT2D eigenvalue weighted by atomic mass is 35.5. The van der Waals surface area contributed by atoms with Crippen LogP contribution in [0.1, 0.15) is 35.0 Å². The molecule has 34 heteroatoms. The Labute approximate surface area is 531 Å². The van der Waals surface area contributed by atoms with E-state index in [-0.39, 0.29) is 115 Å². The molecule has 4 unspecified atom stereocenters. The highest BCUT2D eigenvalue weighted by molar-refractivity contribution is 8.00. The van der Waals surface area contributed by atoms with Crippen molar-refractivity contribution in [3.8, 4) is 45.3 Å². The molecule has 0 radical (unpaired) electrons. The van der Waals surface area contributed by atoms with E-state index in [1.807, 2.05) is 0 Å². The first-order valence-corrected chi connectivity index (χ1v) is 29.0. The van der Waals surface area contributed by atoms with Crippen LogP contribution in [0.15, 0.2) is 172 Å². The molecule has 0 saturated heterocycles. The number of hydrogen-bond acceptors (Lipinski definition) is 12. The van der Waals surface area contributed by atoms with Gasteiger partial charge in [-0.25, -0.2) is 0 Å². The number of para-hydroxylation sites is 2. The number of hydrogen-bond donors (Lipinski definition) is 2. The number of aliphatic hydroxyl groups excluding tert-OH is 2. The van der Waals surface area contributed by atoms with Gasteiger partial charge >= 0.3 is 41.6 Å². The summed E-state index contributed by atoms with van der Waals surface area (Å²) >= 11 is 4.26. The Hall–Kier alpha value is -7.20. The molecule has 0 aromatic heterocycles. The van der Waals surface area contributed by atoms with Gasteiger partial charge in [-0.15, -0.1) is 37.9 Å². The molecule has 0 spiro atoms. The fourth-order valence-electron chi connectivity index (χ4n) is 9.19. The second-order valence-electron chi connectivity index (χ2n) is 19.4. The number of β-amino-alcohol motifs (C(OH)–C–C–N with tert-alkyl or cyclic N) is 2. The highest BCUT2D eigenvalue weighted by Crippen LogP contribution is 2.50. The monoisotopic (exact) mass is 1420 g/mol. The Morgan fingerprint density at radius 1 is 0.484 bits per heavy atom. The molecule has 7 aromatic rings. The molecule has 0 bridgehead atoms. The average molecular weight is 1420 g/mol. The zero-order valence-corrected chi connectivity index (χ0v) is 49.4. The normalized spacial score (nSPS) is 16.0. The summed E-state index contributed by atoms with van der Waals surface area (Å²) in [5.41, 5.74) is -12.0. The fourth-order valence-corrected chi connectivity index (χ4v) is 11.2. The molecule has 2 heterocycles. The summed E-state index contributed by atoms with van der Waals surface area (Å²) in [4.78, 5) is 13.0. The van der Waals surface area contributed by atoms with Gasteiger partial charge in [-0.3, -0.25) is 4.79 Å². The van der Waals surface area contributed by atoms with Crippen molar-refractivity contribution >= 4 is 64.0 Å². The Bertz CT molecular complexity index is 3490. The van der Waals surface area contributed by atoms with Crippen LogP contribution in [0.5, 0.6) is 23.0 Å². The van der Waals surface area contributed by atoms with E-state index in [1.54, 1.807) is 0 Å². The summed E-state index contributed by atoms with van der Waals surface area (Å²) < 4.78 is 289. The molecule has 2 N–H and O–H groups in total. The first kappa shape index (κ1) is 73.2.